The first-order valence-corrected chi connectivity index (χ1v) is 9.24. The maximum atomic E-state index is 12.5. The number of sulfonamides is 1. The van der Waals surface area contributed by atoms with E-state index in [1.54, 1.807) is 20.2 Å². The zero-order valence-electron chi connectivity index (χ0n) is 13.4. The van der Waals surface area contributed by atoms with Gasteiger partial charge in [-0.1, -0.05) is 18.2 Å². The largest absolute Gasteiger partial charge is 0.371 e. The van der Waals surface area contributed by atoms with E-state index in [1.807, 2.05) is 18.2 Å². The summed E-state index contributed by atoms with van der Waals surface area (Å²) >= 11 is 0. The van der Waals surface area contributed by atoms with E-state index in [9.17, 15) is 8.42 Å². The van der Waals surface area contributed by atoms with E-state index in [-0.39, 0.29) is 5.03 Å². The molecule has 1 aliphatic rings. The van der Waals surface area contributed by atoms with E-state index >= 15 is 0 Å². The summed E-state index contributed by atoms with van der Waals surface area (Å²) in [5.74, 6) is 0.318. The van der Waals surface area contributed by atoms with Crippen molar-refractivity contribution in [3.8, 4) is 0 Å². The molecule has 124 valence electrons. The summed E-state index contributed by atoms with van der Waals surface area (Å²) in [6.07, 6.45) is 2.56. The van der Waals surface area contributed by atoms with Crippen molar-refractivity contribution in [2.24, 2.45) is 13.0 Å². The van der Waals surface area contributed by atoms with Crippen LogP contribution in [0.1, 0.15) is 12.0 Å². The first-order valence-electron chi connectivity index (χ1n) is 7.75. The third-order valence-corrected chi connectivity index (χ3v) is 5.92. The normalized spacial score (nSPS) is 18.5. The molecule has 3 rings (SSSR count). The average molecular weight is 334 g/mol. The van der Waals surface area contributed by atoms with Crippen LogP contribution in [-0.2, 0) is 17.1 Å². The van der Waals surface area contributed by atoms with Crippen LogP contribution in [0, 0.1) is 12.8 Å². The molecule has 2 heterocycles. The van der Waals surface area contributed by atoms with Gasteiger partial charge in [0.25, 0.3) is 10.0 Å². The van der Waals surface area contributed by atoms with Crippen molar-refractivity contribution in [3.05, 3.63) is 42.1 Å². The fourth-order valence-corrected chi connectivity index (χ4v) is 4.55. The average Bonchev–Trinajstić information content (AvgIpc) is 3.13. The Morgan fingerprint density at radius 2 is 2.04 bits per heavy atom. The van der Waals surface area contributed by atoms with Crippen LogP contribution in [0.3, 0.4) is 0 Å². The van der Waals surface area contributed by atoms with E-state index in [1.165, 1.54) is 10.4 Å². The zero-order valence-corrected chi connectivity index (χ0v) is 14.3. The lowest BCUT2D eigenvalue weighted by atomic mass is 10.1. The molecule has 0 saturated carbocycles. The lowest BCUT2D eigenvalue weighted by molar-refractivity contribution is 0.531. The number of benzene rings is 1. The highest BCUT2D eigenvalue weighted by Gasteiger charge is 2.26. The van der Waals surface area contributed by atoms with E-state index < -0.39 is 10.0 Å². The van der Waals surface area contributed by atoms with Crippen molar-refractivity contribution in [3.63, 3.8) is 0 Å². The molecule has 1 fully saturated rings. The molecule has 23 heavy (non-hydrogen) atoms. The van der Waals surface area contributed by atoms with Gasteiger partial charge in [-0.15, -0.1) is 0 Å². The zero-order chi connectivity index (χ0) is 16.4. The highest BCUT2D eigenvalue weighted by atomic mass is 32.2. The van der Waals surface area contributed by atoms with Gasteiger partial charge in [0.2, 0.25) is 0 Å². The molecule has 1 atom stereocenters. The Kier molecular flexibility index (Phi) is 4.41. The van der Waals surface area contributed by atoms with Gasteiger partial charge >= 0.3 is 0 Å². The smallest absolute Gasteiger partial charge is 0.257 e. The number of rotatable bonds is 5. The highest BCUT2D eigenvalue weighted by molar-refractivity contribution is 7.89. The van der Waals surface area contributed by atoms with Gasteiger partial charge in [-0.3, -0.25) is 4.68 Å². The lowest BCUT2D eigenvalue weighted by Gasteiger charge is -2.18. The number of nitrogens with one attached hydrogen (secondary N) is 1. The van der Waals surface area contributed by atoms with Crippen molar-refractivity contribution < 1.29 is 8.42 Å². The van der Waals surface area contributed by atoms with Crippen molar-refractivity contribution >= 4 is 15.7 Å². The summed E-state index contributed by atoms with van der Waals surface area (Å²) in [7, 11) is -1.87. The SMILES string of the molecule is Cc1cnn(C)c1S(=O)(=O)NCC1CCN(c2ccccc2)C1. The quantitative estimate of drug-likeness (QED) is 0.900. The second kappa shape index (κ2) is 6.33. The van der Waals surface area contributed by atoms with Gasteiger partial charge in [0.05, 0.1) is 6.20 Å². The Morgan fingerprint density at radius 3 is 2.70 bits per heavy atom. The molecule has 2 aromatic rings. The Morgan fingerprint density at radius 1 is 1.30 bits per heavy atom. The Bertz CT molecular complexity index is 751. The lowest BCUT2D eigenvalue weighted by Crippen LogP contribution is -2.32. The van der Waals surface area contributed by atoms with E-state index in [4.69, 9.17) is 0 Å². The van der Waals surface area contributed by atoms with Crippen LogP contribution >= 0.6 is 0 Å². The molecule has 0 amide bonds. The molecule has 1 saturated heterocycles. The second-order valence-corrected chi connectivity index (χ2v) is 7.73. The molecule has 0 bridgehead atoms. The molecule has 6 nitrogen and oxygen atoms in total. The van der Waals surface area contributed by atoms with Gasteiger partial charge in [0.15, 0.2) is 5.03 Å². The minimum absolute atomic E-state index is 0.246. The van der Waals surface area contributed by atoms with Crippen molar-refractivity contribution in [2.45, 2.75) is 18.4 Å². The van der Waals surface area contributed by atoms with Gasteiger partial charge in [0, 0.05) is 37.9 Å². The number of hydrogen-bond acceptors (Lipinski definition) is 4. The maximum Gasteiger partial charge on any atom is 0.257 e. The Hall–Kier alpha value is -1.86. The highest BCUT2D eigenvalue weighted by Crippen LogP contribution is 2.23. The van der Waals surface area contributed by atoms with Crippen LogP contribution in [0.25, 0.3) is 0 Å². The molecule has 1 unspecified atom stereocenters. The predicted octanol–water partition coefficient (Wildman–Crippen LogP) is 1.53. The van der Waals surface area contributed by atoms with Gasteiger partial charge in [-0.05, 0) is 31.4 Å². The molecule has 0 radical (unpaired) electrons. The summed E-state index contributed by atoms with van der Waals surface area (Å²) < 4.78 is 29.1. The Labute approximate surface area is 137 Å². The molecular formula is C16H22N4O2S. The number of nitrogens with zero attached hydrogens (tertiary/aromatic N) is 3. The van der Waals surface area contributed by atoms with E-state index in [2.05, 4.69) is 26.9 Å². The predicted molar refractivity (Wildman–Crippen MR) is 89.9 cm³/mol. The summed E-state index contributed by atoms with van der Waals surface area (Å²) in [6, 6.07) is 10.2. The van der Waals surface area contributed by atoms with Gasteiger partial charge in [-0.25, -0.2) is 13.1 Å². The van der Waals surface area contributed by atoms with Crippen molar-refractivity contribution in [1.29, 1.82) is 0 Å². The topological polar surface area (TPSA) is 67.2 Å². The third-order valence-electron chi connectivity index (χ3n) is 4.28. The van der Waals surface area contributed by atoms with Crippen molar-refractivity contribution in [2.75, 3.05) is 24.5 Å². The molecule has 1 aliphatic heterocycles. The molecule has 0 spiro atoms. The van der Waals surface area contributed by atoms with Gasteiger partial charge in [-0.2, -0.15) is 5.10 Å². The van der Waals surface area contributed by atoms with Crippen LogP contribution in [0.5, 0.6) is 0 Å². The Balaban J connectivity index is 1.61. The number of hydrogen-bond donors (Lipinski definition) is 1. The van der Waals surface area contributed by atoms with E-state index in [0.29, 0.717) is 18.0 Å². The van der Waals surface area contributed by atoms with Crippen LogP contribution in [0.2, 0.25) is 0 Å². The monoisotopic (exact) mass is 334 g/mol. The first-order chi connectivity index (χ1) is 11.0. The number of aromatic nitrogens is 2. The molecule has 1 aromatic carbocycles. The summed E-state index contributed by atoms with van der Waals surface area (Å²) in [6.45, 7) is 4.04. The minimum Gasteiger partial charge on any atom is -0.371 e. The van der Waals surface area contributed by atoms with Crippen molar-refractivity contribution in [1.82, 2.24) is 14.5 Å². The fourth-order valence-electron chi connectivity index (χ4n) is 3.09. The van der Waals surface area contributed by atoms with Crippen LogP contribution in [-0.4, -0.2) is 37.8 Å². The number of anilines is 1. The molecule has 0 aliphatic carbocycles. The van der Waals surface area contributed by atoms with Crippen LogP contribution in [0.4, 0.5) is 5.69 Å². The molecule has 1 N–H and O–H groups in total. The van der Waals surface area contributed by atoms with Gasteiger partial charge in [0.1, 0.15) is 0 Å². The minimum atomic E-state index is -3.52. The standard InChI is InChI=1S/C16H22N4O2S/c1-13-10-17-19(2)16(13)23(21,22)18-11-14-8-9-20(12-14)15-6-4-3-5-7-15/h3-7,10,14,18H,8-9,11-12H2,1-2H3. The van der Waals surface area contributed by atoms with Crippen LogP contribution < -0.4 is 9.62 Å². The van der Waals surface area contributed by atoms with Crippen LogP contribution in [0.15, 0.2) is 41.6 Å². The summed E-state index contributed by atoms with van der Waals surface area (Å²) in [5, 5.41) is 4.25. The maximum absolute atomic E-state index is 12.5. The number of para-hydroxylation sites is 1. The molecule has 1 aromatic heterocycles. The molecular weight excluding hydrogens is 312 g/mol. The summed E-state index contributed by atoms with van der Waals surface area (Å²) in [5.41, 5.74) is 1.86. The summed E-state index contributed by atoms with van der Waals surface area (Å²) in [4.78, 5) is 2.30. The third kappa shape index (κ3) is 3.40. The van der Waals surface area contributed by atoms with Gasteiger partial charge < -0.3 is 4.90 Å². The fraction of sp³-hybridized carbons (Fsp3) is 0.438. The number of aryl methyl sites for hydroxylation is 2. The van der Waals surface area contributed by atoms with E-state index in [0.717, 1.165) is 19.5 Å². The molecule has 7 heteroatoms. The first kappa shape index (κ1) is 16.0. The second-order valence-electron chi connectivity index (χ2n) is 6.04.